The Kier molecular flexibility index (Phi) is 2.85. The summed E-state index contributed by atoms with van der Waals surface area (Å²) < 4.78 is 0. The van der Waals surface area contributed by atoms with Crippen LogP contribution >= 0.6 is 11.6 Å². The Morgan fingerprint density at radius 1 is 1.55 bits per heavy atom. The first kappa shape index (κ1) is 8.50. The molecule has 0 fully saturated rings. The van der Waals surface area contributed by atoms with E-state index in [-0.39, 0.29) is 0 Å². The van der Waals surface area contributed by atoms with E-state index in [0.29, 0.717) is 11.7 Å². The predicted molar refractivity (Wildman–Crippen MR) is 46.5 cm³/mol. The molecule has 0 aromatic carbocycles. The lowest BCUT2D eigenvalue weighted by Crippen LogP contribution is -2.03. The van der Waals surface area contributed by atoms with Gasteiger partial charge in [-0.3, -0.25) is 0 Å². The molecule has 0 spiro atoms. The Hall–Kier alpha value is -0.600. The highest BCUT2D eigenvalue weighted by Crippen LogP contribution is 2.11. The van der Waals surface area contributed by atoms with Crippen molar-refractivity contribution in [2.75, 3.05) is 0 Å². The van der Waals surface area contributed by atoms with Gasteiger partial charge in [0.15, 0.2) is 0 Å². The third-order valence-electron chi connectivity index (χ3n) is 1.61. The smallest absolute Gasteiger partial charge is 0.129 e. The molecule has 0 unspecified atom stereocenters. The van der Waals surface area contributed by atoms with E-state index >= 15 is 0 Å². The Labute approximate surface area is 71.4 Å². The van der Waals surface area contributed by atoms with Gasteiger partial charge in [-0.05, 0) is 18.1 Å². The van der Waals surface area contributed by atoms with E-state index in [1.54, 1.807) is 6.07 Å². The summed E-state index contributed by atoms with van der Waals surface area (Å²) >= 11 is 5.69. The molecule has 0 aliphatic heterocycles. The molecule has 0 bridgehead atoms. The quantitative estimate of drug-likeness (QED) is 0.687. The fourth-order valence-corrected chi connectivity index (χ4v) is 1.17. The van der Waals surface area contributed by atoms with Crippen molar-refractivity contribution >= 4 is 11.6 Å². The molecule has 11 heavy (non-hydrogen) atoms. The number of aromatic nitrogens is 1. The molecule has 0 aliphatic rings. The lowest BCUT2D eigenvalue weighted by atomic mass is 10.1. The predicted octanol–water partition coefficient (Wildman–Crippen LogP) is 1.76. The van der Waals surface area contributed by atoms with Crippen LogP contribution in [0.3, 0.4) is 0 Å². The van der Waals surface area contributed by atoms with Crippen molar-refractivity contribution in [1.82, 2.24) is 4.98 Å². The van der Waals surface area contributed by atoms with E-state index in [4.69, 9.17) is 17.3 Å². The minimum atomic E-state index is 0.462. The largest absolute Gasteiger partial charge is 0.325 e. The molecule has 0 saturated heterocycles. The zero-order valence-electron chi connectivity index (χ0n) is 6.47. The fourth-order valence-electron chi connectivity index (χ4n) is 1.00. The number of hydrogen-bond donors (Lipinski definition) is 1. The molecule has 3 heteroatoms. The van der Waals surface area contributed by atoms with Gasteiger partial charge in [-0.25, -0.2) is 4.98 Å². The van der Waals surface area contributed by atoms with E-state index in [9.17, 15) is 0 Å². The van der Waals surface area contributed by atoms with Crippen molar-refractivity contribution in [1.29, 1.82) is 0 Å². The van der Waals surface area contributed by atoms with Crippen LogP contribution in [0.4, 0.5) is 0 Å². The number of aryl methyl sites for hydroxylation is 1. The zero-order valence-corrected chi connectivity index (χ0v) is 7.23. The second kappa shape index (κ2) is 3.69. The maximum atomic E-state index is 5.69. The molecule has 60 valence electrons. The van der Waals surface area contributed by atoms with Crippen LogP contribution in [0.2, 0.25) is 5.15 Å². The van der Waals surface area contributed by atoms with Crippen molar-refractivity contribution in [2.24, 2.45) is 5.73 Å². The lowest BCUT2D eigenvalue weighted by molar-refractivity contribution is 0.936. The van der Waals surface area contributed by atoms with Crippen LogP contribution < -0.4 is 5.73 Å². The second-order valence-electron chi connectivity index (χ2n) is 2.30. The van der Waals surface area contributed by atoms with Gasteiger partial charge in [0.05, 0.1) is 5.69 Å². The van der Waals surface area contributed by atoms with Gasteiger partial charge >= 0.3 is 0 Å². The van der Waals surface area contributed by atoms with Crippen molar-refractivity contribution in [3.63, 3.8) is 0 Å². The lowest BCUT2D eigenvalue weighted by Gasteiger charge is -2.03. The summed E-state index contributed by atoms with van der Waals surface area (Å²) in [6, 6.07) is 3.76. The van der Waals surface area contributed by atoms with Gasteiger partial charge < -0.3 is 5.73 Å². The van der Waals surface area contributed by atoms with E-state index < -0.39 is 0 Å². The molecule has 0 atom stereocenters. The van der Waals surface area contributed by atoms with Gasteiger partial charge in [-0.15, -0.1) is 0 Å². The number of rotatable bonds is 2. The molecule has 2 N–H and O–H groups in total. The van der Waals surface area contributed by atoms with Crippen molar-refractivity contribution in [2.45, 2.75) is 19.9 Å². The molecule has 0 saturated carbocycles. The van der Waals surface area contributed by atoms with Crippen molar-refractivity contribution in [3.8, 4) is 0 Å². The highest BCUT2D eigenvalue weighted by Gasteiger charge is 2.00. The Morgan fingerprint density at radius 3 is 2.82 bits per heavy atom. The average molecular weight is 171 g/mol. The maximum absolute atomic E-state index is 5.69. The van der Waals surface area contributed by atoms with Crippen LogP contribution in [-0.2, 0) is 13.0 Å². The van der Waals surface area contributed by atoms with Crippen LogP contribution in [-0.4, -0.2) is 4.98 Å². The third kappa shape index (κ3) is 1.91. The standard InChI is InChI=1S/C8H11ClN2/c1-2-6-3-4-8(9)11-7(6)5-10/h3-4H,2,5,10H2,1H3. The van der Waals surface area contributed by atoms with Crippen LogP contribution in [0.1, 0.15) is 18.2 Å². The molecule has 1 rings (SSSR count). The van der Waals surface area contributed by atoms with Gasteiger partial charge in [-0.2, -0.15) is 0 Å². The molecular formula is C8H11ClN2. The van der Waals surface area contributed by atoms with Gasteiger partial charge in [0.2, 0.25) is 0 Å². The van der Waals surface area contributed by atoms with E-state index in [1.807, 2.05) is 6.07 Å². The number of nitrogens with two attached hydrogens (primary N) is 1. The van der Waals surface area contributed by atoms with Crippen molar-refractivity contribution in [3.05, 3.63) is 28.5 Å². The highest BCUT2D eigenvalue weighted by molar-refractivity contribution is 6.29. The number of pyridine rings is 1. The first-order valence-electron chi connectivity index (χ1n) is 3.62. The summed E-state index contributed by atoms with van der Waals surface area (Å²) in [5.41, 5.74) is 7.55. The number of halogens is 1. The maximum Gasteiger partial charge on any atom is 0.129 e. The van der Waals surface area contributed by atoms with Crippen LogP contribution in [0.15, 0.2) is 12.1 Å². The van der Waals surface area contributed by atoms with E-state index in [1.165, 1.54) is 5.56 Å². The van der Waals surface area contributed by atoms with Gasteiger partial charge in [0.1, 0.15) is 5.15 Å². The van der Waals surface area contributed by atoms with Crippen molar-refractivity contribution < 1.29 is 0 Å². The first-order valence-corrected chi connectivity index (χ1v) is 4.00. The summed E-state index contributed by atoms with van der Waals surface area (Å²) in [4.78, 5) is 4.10. The van der Waals surface area contributed by atoms with Crippen LogP contribution in [0, 0.1) is 0 Å². The Balaban J connectivity index is 3.06. The molecule has 0 aliphatic carbocycles. The summed E-state index contributed by atoms with van der Waals surface area (Å²) in [6.45, 7) is 2.54. The normalized spacial score (nSPS) is 10.1. The average Bonchev–Trinajstić information content (AvgIpc) is 2.04. The Morgan fingerprint density at radius 2 is 2.27 bits per heavy atom. The molecule has 1 heterocycles. The first-order chi connectivity index (χ1) is 5.27. The second-order valence-corrected chi connectivity index (χ2v) is 2.68. The summed E-state index contributed by atoms with van der Waals surface area (Å²) in [6.07, 6.45) is 0.955. The van der Waals surface area contributed by atoms with Crippen LogP contribution in [0.25, 0.3) is 0 Å². The SMILES string of the molecule is CCc1ccc(Cl)nc1CN. The fraction of sp³-hybridized carbons (Fsp3) is 0.375. The summed E-state index contributed by atoms with van der Waals surface area (Å²) in [5, 5.41) is 0.516. The summed E-state index contributed by atoms with van der Waals surface area (Å²) in [5.74, 6) is 0. The minimum absolute atomic E-state index is 0.462. The zero-order chi connectivity index (χ0) is 8.27. The third-order valence-corrected chi connectivity index (χ3v) is 1.82. The molecule has 2 nitrogen and oxygen atoms in total. The molecule has 1 aromatic heterocycles. The van der Waals surface area contributed by atoms with E-state index in [0.717, 1.165) is 12.1 Å². The topological polar surface area (TPSA) is 38.9 Å². The molecule has 0 amide bonds. The van der Waals surface area contributed by atoms with Gasteiger partial charge in [0, 0.05) is 6.54 Å². The number of hydrogen-bond acceptors (Lipinski definition) is 2. The highest BCUT2D eigenvalue weighted by atomic mass is 35.5. The van der Waals surface area contributed by atoms with Gasteiger partial charge in [-0.1, -0.05) is 24.6 Å². The molecule has 1 aromatic rings. The molecule has 0 radical (unpaired) electrons. The monoisotopic (exact) mass is 170 g/mol. The Bertz CT molecular complexity index is 248. The minimum Gasteiger partial charge on any atom is -0.325 e. The van der Waals surface area contributed by atoms with Gasteiger partial charge in [0.25, 0.3) is 0 Å². The van der Waals surface area contributed by atoms with E-state index in [2.05, 4.69) is 11.9 Å². The van der Waals surface area contributed by atoms with Crippen LogP contribution in [0.5, 0.6) is 0 Å². The summed E-state index contributed by atoms with van der Waals surface area (Å²) in [7, 11) is 0. The molecular weight excluding hydrogens is 160 g/mol. The number of nitrogens with zero attached hydrogens (tertiary/aromatic N) is 1.